The maximum atomic E-state index is 11.9. The predicted octanol–water partition coefficient (Wildman–Crippen LogP) is -1.42. The highest BCUT2D eigenvalue weighted by Gasteiger charge is 2.23. The van der Waals surface area contributed by atoms with Crippen LogP contribution in [0.3, 0.4) is 0 Å². The molecular weight excluding hydrogens is 244 g/mol. The molecule has 1 amide bonds. The average Bonchev–Trinajstić information content (AvgIpc) is 2.31. The fourth-order valence-corrected chi connectivity index (χ4v) is 2.32. The predicted molar refractivity (Wildman–Crippen MR) is 66.5 cm³/mol. The highest BCUT2D eigenvalue weighted by atomic mass is 32.2. The number of carbonyl (C=O) groups excluding carboxylic acids is 1. The van der Waals surface area contributed by atoms with Crippen LogP contribution in [0.4, 0.5) is 0 Å². The van der Waals surface area contributed by atoms with E-state index in [1.165, 1.54) is 29.8 Å². The van der Waals surface area contributed by atoms with Gasteiger partial charge in [-0.25, -0.2) is 0 Å². The van der Waals surface area contributed by atoms with Crippen molar-refractivity contribution in [3.8, 4) is 0 Å². The second kappa shape index (κ2) is 7.59. The summed E-state index contributed by atoms with van der Waals surface area (Å²) < 4.78 is 26.2. The summed E-state index contributed by atoms with van der Waals surface area (Å²) in [6, 6.07) is 0. The second-order valence-corrected chi connectivity index (χ2v) is 5.86. The lowest BCUT2D eigenvalue weighted by Gasteiger charge is -2.23. The van der Waals surface area contributed by atoms with Gasteiger partial charge < -0.3 is 11.1 Å². The third-order valence-electron chi connectivity index (χ3n) is 2.40. The van der Waals surface area contributed by atoms with Crippen LogP contribution in [0.15, 0.2) is 0 Å². The van der Waals surface area contributed by atoms with Gasteiger partial charge in [-0.15, -0.1) is 0 Å². The van der Waals surface area contributed by atoms with Gasteiger partial charge in [0.05, 0.1) is 0 Å². The molecule has 3 N–H and O–H groups in total. The fraction of sp³-hybridized carbons (Fsp3) is 0.889. The van der Waals surface area contributed by atoms with E-state index < -0.39 is 10.2 Å². The maximum Gasteiger partial charge on any atom is 0.281 e. The third-order valence-corrected chi connectivity index (χ3v) is 4.34. The van der Waals surface area contributed by atoms with Gasteiger partial charge in [0, 0.05) is 40.7 Å². The Morgan fingerprint density at radius 2 is 1.76 bits per heavy atom. The van der Waals surface area contributed by atoms with Crippen LogP contribution in [0, 0.1) is 0 Å². The SMILES string of the molecule is CNC(=O)CCN(C)S(=O)(=O)N(C)CCCN. The molecule has 8 heteroatoms. The second-order valence-electron chi connectivity index (χ2n) is 3.72. The first-order chi connectivity index (χ1) is 7.86. The number of carbonyl (C=O) groups is 1. The first-order valence-electron chi connectivity index (χ1n) is 5.44. The van der Waals surface area contributed by atoms with Crippen molar-refractivity contribution < 1.29 is 13.2 Å². The zero-order valence-electron chi connectivity index (χ0n) is 10.6. The Kier molecular flexibility index (Phi) is 7.28. The van der Waals surface area contributed by atoms with Gasteiger partial charge in [-0.3, -0.25) is 4.79 Å². The molecule has 7 nitrogen and oxygen atoms in total. The number of rotatable bonds is 8. The van der Waals surface area contributed by atoms with Crippen molar-refractivity contribution in [2.75, 3.05) is 40.8 Å². The molecule has 0 aromatic heterocycles. The number of nitrogens with two attached hydrogens (primary N) is 1. The van der Waals surface area contributed by atoms with Crippen LogP contribution in [0.5, 0.6) is 0 Å². The molecule has 0 saturated heterocycles. The van der Waals surface area contributed by atoms with Crippen LogP contribution in [0.25, 0.3) is 0 Å². The topological polar surface area (TPSA) is 95.7 Å². The van der Waals surface area contributed by atoms with E-state index in [0.717, 1.165) is 0 Å². The first-order valence-corrected chi connectivity index (χ1v) is 6.84. The Balaban J connectivity index is 4.33. The molecule has 0 heterocycles. The van der Waals surface area contributed by atoms with E-state index in [4.69, 9.17) is 5.73 Å². The highest BCUT2D eigenvalue weighted by Crippen LogP contribution is 2.05. The van der Waals surface area contributed by atoms with Gasteiger partial charge >= 0.3 is 0 Å². The molecular formula is C9H22N4O3S. The third kappa shape index (κ3) is 5.44. The van der Waals surface area contributed by atoms with E-state index >= 15 is 0 Å². The van der Waals surface area contributed by atoms with Crippen LogP contribution in [-0.2, 0) is 15.0 Å². The molecule has 0 spiro atoms. The first kappa shape index (κ1) is 16.3. The normalized spacial score (nSPS) is 12.1. The summed E-state index contributed by atoms with van der Waals surface area (Å²) in [5.41, 5.74) is 5.32. The molecule has 0 radical (unpaired) electrons. The van der Waals surface area contributed by atoms with Crippen LogP contribution in [0.1, 0.15) is 12.8 Å². The molecule has 0 atom stereocenters. The van der Waals surface area contributed by atoms with Crippen molar-refractivity contribution in [3.05, 3.63) is 0 Å². The van der Waals surface area contributed by atoms with Gasteiger partial charge in [-0.05, 0) is 13.0 Å². The Morgan fingerprint density at radius 3 is 2.24 bits per heavy atom. The number of hydrogen-bond donors (Lipinski definition) is 2. The fourth-order valence-electron chi connectivity index (χ4n) is 1.17. The molecule has 0 aliphatic rings. The molecule has 102 valence electrons. The Bertz CT molecular complexity index is 331. The Labute approximate surface area is 103 Å². The van der Waals surface area contributed by atoms with Gasteiger partial charge in [0.25, 0.3) is 10.2 Å². The largest absolute Gasteiger partial charge is 0.359 e. The smallest absolute Gasteiger partial charge is 0.281 e. The summed E-state index contributed by atoms with van der Waals surface area (Å²) in [4.78, 5) is 11.0. The number of nitrogens with zero attached hydrogens (tertiary/aromatic N) is 2. The molecule has 0 aliphatic carbocycles. The lowest BCUT2D eigenvalue weighted by atomic mass is 10.4. The summed E-state index contributed by atoms with van der Waals surface area (Å²) in [7, 11) is 0.991. The zero-order valence-corrected chi connectivity index (χ0v) is 11.5. The van der Waals surface area contributed by atoms with Crippen molar-refractivity contribution in [2.45, 2.75) is 12.8 Å². The molecule has 0 aromatic rings. The van der Waals surface area contributed by atoms with E-state index in [9.17, 15) is 13.2 Å². The molecule has 0 aliphatic heterocycles. The Hall–Kier alpha value is -0.700. The van der Waals surface area contributed by atoms with E-state index in [-0.39, 0.29) is 18.9 Å². The average molecular weight is 266 g/mol. The monoisotopic (exact) mass is 266 g/mol. The molecule has 17 heavy (non-hydrogen) atoms. The molecule has 0 saturated carbocycles. The van der Waals surface area contributed by atoms with Crippen molar-refractivity contribution in [3.63, 3.8) is 0 Å². The van der Waals surface area contributed by atoms with Crippen LogP contribution in [-0.4, -0.2) is 63.7 Å². The van der Waals surface area contributed by atoms with Crippen LogP contribution >= 0.6 is 0 Å². The molecule has 0 bridgehead atoms. The van der Waals surface area contributed by atoms with Gasteiger partial charge in [-0.1, -0.05) is 0 Å². The lowest BCUT2D eigenvalue weighted by molar-refractivity contribution is -0.120. The van der Waals surface area contributed by atoms with Crippen molar-refractivity contribution in [1.82, 2.24) is 13.9 Å². The minimum Gasteiger partial charge on any atom is -0.359 e. The Morgan fingerprint density at radius 1 is 1.24 bits per heavy atom. The quantitative estimate of drug-likeness (QED) is 0.563. The highest BCUT2D eigenvalue weighted by molar-refractivity contribution is 7.86. The van der Waals surface area contributed by atoms with Gasteiger partial charge in [0.15, 0.2) is 0 Å². The molecule has 0 rings (SSSR count). The standard InChI is InChI=1S/C9H22N4O3S/c1-11-9(14)5-8-13(3)17(15,16)12(2)7-4-6-10/h4-8,10H2,1-3H3,(H,11,14). The van der Waals surface area contributed by atoms with Crippen molar-refractivity contribution in [2.24, 2.45) is 5.73 Å². The van der Waals surface area contributed by atoms with E-state index in [2.05, 4.69) is 5.32 Å². The number of nitrogens with one attached hydrogen (secondary N) is 1. The van der Waals surface area contributed by atoms with Crippen molar-refractivity contribution in [1.29, 1.82) is 0 Å². The minimum absolute atomic E-state index is 0.150. The summed E-state index contributed by atoms with van der Waals surface area (Å²) in [5.74, 6) is -0.184. The lowest BCUT2D eigenvalue weighted by Crippen LogP contribution is -2.41. The van der Waals surface area contributed by atoms with E-state index in [1.807, 2.05) is 0 Å². The van der Waals surface area contributed by atoms with Crippen LogP contribution < -0.4 is 11.1 Å². The summed E-state index contributed by atoms with van der Waals surface area (Å²) in [6.07, 6.45) is 0.760. The number of amides is 1. The molecule has 0 fully saturated rings. The van der Waals surface area contributed by atoms with E-state index in [1.54, 1.807) is 0 Å². The van der Waals surface area contributed by atoms with Crippen molar-refractivity contribution >= 4 is 16.1 Å². The van der Waals surface area contributed by atoms with E-state index in [0.29, 0.717) is 19.5 Å². The summed E-state index contributed by atoms with van der Waals surface area (Å²) >= 11 is 0. The van der Waals surface area contributed by atoms with Crippen LogP contribution in [0.2, 0.25) is 0 Å². The minimum atomic E-state index is -3.48. The zero-order chi connectivity index (χ0) is 13.5. The number of hydrogen-bond acceptors (Lipinski definition) is 4. The molecule has 0 aromatic carbocycles. The van der Waals surface area contributed by atoms with Gasteiger partial charge in [0.1, 0.15) is 0 Å². The van der Waals surface area contributed by atoms with Gasteiger partial charge in [0.2, 0.25) is 5.91 Å². The summed E-state index contributed by atoms with van der Waals surface area (Å²) in [6.45, 7) is 0.986. The molecule has 0 unspecified atom stereocenters. The summed E-state index contributed by atoms with van der Waals surface area (Å²) in [5, 5.41) is 2.44. The van der Waals surface area contributed by atoms with Gasteiger partial charge in [-0.2, -0.15) is 17.0 Å². The maximum absolute atomic E-state index is 11.9.